The maximum Gasteiger partial charge on any atom is 0.265 e. The first-order valence-electron chi connectivity index (χ1n) is 10.00. The Morgan fingerprint density at radius 2 is 1.78 bits per heavy atom. The normalized spacial score (nSPS) is 17.1. The SMILES string of the molecule is Cc1nn(C(=O)C2CCCN2S(=O)(=O)c2ccc(Br)cc2)c(C)c1Sc1ccc(Cl)cc1. The first-order valence-corrected chi connectivity index (χ1v) is 13.4. The molecule has 0 saturated carbocycles. The molecule has 1 atom stereocenters. The van der Waals surface area contributed by atoms with Crippen LogP contribution in [0.4, 0.5) is 0 Å². The molecular weight excluding hydrogens is 534 g/mol. The van der Waals surface area contributed by atoms with E-state index in [4.69, 9.17) is 11.6 Å². The number of halogens is 2. The molecule has 0 aliphatic carbocycles. The Morgan fingerprint density at radius 3 is 2.44 bits per heavy atom. The van der Waals surface area contributed by atoms with E-state index in [2.05, 4.69) is 21.0 Å². The summed E-state index contributed by atoms with van der Waals surface area (Å²) < 4.78 is 29.9. The van der Waals surface area contributed by atoms with Gasteiger partial charge < -0.3 is 0 Å². The highest BCUT2D eigenvalue weighted by atomic mass is 79.9. The first-order chi connectivity index (χ1) is 15.2. The van der Waals surface area contributed by atoms with Gasteiger partial charge in [-0.2, -0.15) is 9.40 Å². The molecule has 2 aromatic carbocycles. The van der Waals surface area contributed by atoms with Gasteiger partial charge in [0, 0.05) is 20.9 Å². The molecule has 168 valence electrons. The van der Waals surface area contributed by atoms with E-state index < -0.39 is 16.1 Å². The molecule has 3 aromatic rings. The number of rotatable bonds is 5. The van der Waals surface area contributed by atoms with E-state index in [1.165, 1.54) is 20.7 Å². The van der Waals surface area contributed by atoms with E-state index in [-0.39, 0.29) is 10.8 Å². The van der Waals surface area contributed by atoms with Crippen molar-refractivity contribution in [1.82, 2.24) is 14.1 Å². The van der Waals surface area contributed by atoms with Crippen LogP contribution in [0.2, 0.25) is 5.02 Å². The minimum Gasteiger partial charge on any atom is -0.271 e. The number of hydrogen-bond donors (Lipinski definition) is 0. The third-order valence-corrected chi connectivity index (χ3v) is 9.38. The Morgan fingerprint density at radius 1 is 1.12 bits per heavy atom. The second-order valence-electron chi connectivity index (χ2n) is 7.53. The van der Waals surface area contributed by atoms with Crippen LogP contribution < -0.4 is 0 Å². The van der Waals surface area contributed by atoms with Crippen molar-refractivity contribution in [2.75, 3.05) is 6.54 Å². The molecule has 6 nitrogen and oxygen atoms in total. The molecule has 0 radical (unpaired) electrons. The smallest absolute Gasteiger partial charge is 0.265 e. The van der Waals surface area contributed by atoms with Crippen molar-refractivity contribution >= 4 is 55.2 Å². The molecule has 32 heavy (non-hydrogen) atoms. The molecule has 1 unspecified atom stereocenters. The lowest BCUT2D eigenvalue weighted by Crippen LogP contribution is -2.43. The Bertz CT molecular complexity index is 1260. The van der Waals surface area contributed by atoms with Crippen LogP contribution in [-0.2, 0) is 10.0 Å². The predicted molar refractivity (Wildman–Crippen MR) is 129 cm³/mol. The number of sulfonamides is 1. The number of nitrogens with zero attached hydrogens (tertiary/aromatic N) is 3. The lowest BCUT2D eigenvalue weighted by molar-refractivity contribution is 0.0813. The lowest BCUT2D eigenvalue weighted by atomic mass is 10.2. The van der Waals surface area contributed by atoms with Crippen LogP contribution in [-0.4, -0.2) is 41.0 Å². The first kappa shape index (κ1) is 23.5. The molecule has 10 heteroatoms. The second-order valence-corrected chi connectivity index (χ2v) is 11.9. The van der Waals surface area contributed by atoms with Gasteiger partial charge in [0.1, 0.15) is 6.04 Å². The monoisotopic (exact) mass is 553 g/mol. The Balaban J connectivity index is 1.62. The fourth-order valence-corrected chi connectivity index (χ4v) is 6.74. The van der Waals surface area contributed by atoms with Gasteiger partial charge in [0.15, 0.2) is 0 Å². The average molecular weight is 555 g/mol. The lowest BCUT2D eigenvalue weighted by Gasteiger charge is -2.23. The van der Waals surface area contributed by atoms with Crippen LogP contribution in [0.5, 0.6) is 0 Å². The van der Waals surface area contributed by atoms with Crippen LogP contribution in [0.15, 0.2) is 67.7 Å². The van der Waals surface area contributed by atoms with E-state index in [0.29, 0.717) is 30.1 Å². The zero-order valence-corrected chi connectivity index (χ0v) is 21.4. The number of aromatic nitrogens is 2. The van der Waals surface area contributed by atoms with Gasteiger partial charge in [-0.25, -0.2) is 13.1 Å². The van der Waals surface area contributed by atoms with Gasteiger partial charge in [0.05, 0.1) is 21.2 Å². The summed E-state index contributed by atoms with van der Waals surface area (Å²) in [6, 6.07) is 13.1. The molecule has 0 N–H and O–H groups in total. The molecule has 1 aliphatic rings. The van der Waals surface area contributed by atoms with Crippen molar-refractivity contribution in [3.63, 3.8) is 0 Å². The molecule has 2 heterocycles. The fraction of sp³-hybridized carbons (Fsp3) is 0.273. The van der Waals surface area contributed by atoms with Crippen LogP contribution in [0.1, 0.15) is 29.0 Å². The van der Waals surface area contributed by atoms with Crippen LogP contribution in [0.25, 0.3) is 0 Å². The molecule has 1 fully saturated rings. The number of aryl methyl sites for hydroxylation is 1. The minimum absolute atomic E-state index is 0.174. The largest absolute Gasteiger partial charge is 0.271 e. The third-order valence-electron chi connectivity index (χ3n) is 5.38. The molecule has 0 amide bonds. The van der Waals surface area contributed by atoms with Gasteiger partial charge in [-0.15, -0.1) is 0 Å². The maximum absolute atomic E-state index is 13.4. The summed E-state index contributed by atoms with van der Waals surface area (Å²) in [5.41, 5.74) is 1.41. The minimum atomic E-state index is -3.79. The van der Waals surface area contributed by atoms with Gasteiger partial charge >= 0.3 is 0 Å². The molecule has 4 rings (SSSR count). The molecule has 1 aromatic heterocycles. The Hall–Kier alpha value is -1.65. The summed E-state index contributed by atoms with van der Waals surface area (Å²) in [7, 11) is -3.79. The number of benzene rings is 2. The van der Waals surface area contributed by atoms with E-state index in [1.807, 2.05) is 38.1 Å². The molecule has 0 bridgehead atoms. The summed E-state index contributed by atoms with van der Waals surface area (Å²) in [5, 5.41) is 5.12. The Kier molecular flexibility index (Phi) is 6.84. The summed E-state index contributed by atoms with van der Waals surface area (Å²) in [6.45, 7) is 3.99. The number of carbonyl (C=O) groups excluding carboxylic acids is 1. The summed E-state index contributed by atoms with van der Waals surface area (Å²) in [5.74, 6) is -0.327. The van der Waals surface area contributed by atoms with E-state index in [9.17, 15) is 13.2 Å². The van der Waals surface area contributed by atoms with Gasteiger partial charge in [0.2, 0.25) is 10.0 Å². The zero-order valence-electron chi connectivity index (χ0n) is 17.5. The number of carbonyl (C=O) groups is 1. The highest BCUT2D eigenvalue weighted by Crippen LogP contribution is 2.34. The predicted octanol–water partition coefficient (Wildman–Crippen LogP) is 5.56. The third kappa shape index (κ3) is 4.54. The molecule has 1 saturated heterocycles. The van der Waals surface area contributed by atoms with E-state index >= 15 is 0 Å². The van der Waals surface area contributed by atoms with Crippen molar-refractivity contribution < 1.29 is 13.2 Å². The fourth-order valence-electron chi connectivity index (χ4n) is 3.77. The van der Waals surface area contributed by atoms with Crippen molar-refractivity contribution in [2.45, 2.75) is 47.4 Å². The van der Waals surface area contributed by atoms with Crippen molar-refractivity contribution in [3.05, 3.63) is 69.4 Å². The average Bonchev–Trinajstić information content (AvgIpc) is 3.36. The van der Waals surface area contributed by atoms with E-state index in [1.54, 1.807) is 24.3 Å². The van der Waals surface area contributed by atoms with Gasteiger partial charge in [-0.1, -0.05) is 39.3 Å². The van der Waals surface area contributed by atoms with Crippen LogP contribution in [0.3, 0.4) is 0 Å². The van der Waals surface area contributed by atoms with Gasteiger partial charge in [-0.05, 0) is 75.2 Å². The quantitative estimate of drug-likeness (QED) is 0.413. The summed E-state index contributed by atoms with van der Waals surface area (Å²) in [6.07, 6.45) is 1.09. The molecule has 0 spiro atoms. The highest BCUT2D eigenvalue weighted by Gasteiger charge is 2.41. The van der Waals surface area contributed by atoms with Crippen molar-refractivity contribution in [2.24, 2.45) is 0 Å². The maximum atomic E-state index is 13.4. The Labute approximate surface area is 205 Å². The zero-order chi connectivity index (χ0) is 23.0. The van der Waals surface area contributed by atoms with Gasteiger partial charge in [-0.3, -0.25) is 4.79 Å². The summed E-state index contributed by atoms with van der Waals surface area (Å²) in [4.78, 5) is 15.5. The van der Waals surface area contributed by atoms with E-state index in [0.717, 1.165) is 20.0 Å². The van der Waals surface area contributed by atoms with Gasteiger partial charge in [0.25, 0.3) is 5.91 Å². The van der Waals surface area contributed by atoms with Crippen molar-refractivity contribution in [1.29, 1.82) is 0 Å². The highest BCUT2D eigenvalue weighted by molar-refractivity contribution is 9.10. The van der Waals surface area contributed by atoms with Crippen molar-refractivity contribution in [3.8, 4) is 0 Å². The summed E-state index contributed by atoms with van der Waals surface area (Å²) >= 11 is 10.8. The van der Waals surface area contributed by atoms with Crippen LogP contribution >= 0.6 is 39.3 Å². The number of hydrogen-bond acceptors (Lipinski definition) is 5. The standard InChI is InChI=1S/C22H21BrClN3O3S2/c1-14-21(31-18-9-7-17(24)8-10-18)15(2)27(25-14)22(28)20-4-3-13-26(20)32(29,30)19-11-5-16(23)6-12-19/h5-12,20H,3-4,13H2,1-2H3. The topological polar surface area (TPSA) is 72.3 Å². The van der Waals surface area contributed by atoms with Crippen LogP contribution in [0, 0.1) is 13.8 Å². The molecule has 1 aliphatic heterocycles. The molecular formula is C22H21BrClN3O3S2. The second kappa shape index (κ2) is 9.30.